The van der Waals surface area contributed by atoms with Crippen LogP contribution in [0.2, 0.25) is 0 Å². The Kier molecular flexibility index (Phi) is 5.79. The number of rotatable bonds is 6. The first-order valence-electron chi connectivity index (χ1n) is 10.5. The summed E-state index contributed by atoms with van der Waals surface area (Å²) in [6.07, 6.45) is 0.434. The molecule has 1 amide bonds. The van der Waals surface area contributed by atoms with Crippen molar-refractivity contribution in [3.05, 3.63) is 64.9 Å². The van der Waals surface area contributed by atoms with Gasteiger partial charge in [-0.25, -0.2) is 8.42 Å². The summed E-state index contributed by atoms with van der Waals surface area (Å²) in [7, 11) is -3.15. The molecular weight excluding hydrogens is 414 g/mol. The van der Waals surface area contributed by atoms with E-state index in [0.29, 0.717) is 25.2 Å². The van der Waals surface area contributed by atoms with Gasteiger partial charge in [0, 0.05) is 23.5 Å². The molecule has 1 fully saturated rings. The lowest BCUT2D eigenvalue weighted by Gasteiger charge is -2.28. The summed E-state index contributed by atoms with van der Waals surface area (Å²) in [6.45, 7) is 6.65. The molecule has 1 aliphatic rings. The number of benzene rings is 2. The normalized spacial score (nSPS) is 17.7. The number of hydrogen-bond donors (Lipinski definition) is 0. The molecule has 3 aromatic rings. The first kappa shape index (κ1) is 21.4. The molecule has 31 heavy (non-hydrogen) atoms. The van der Waals surface area contributed by atoms with E-state index in [0.717, 1.165) is 27.8 Å². The van der Waals surface area contributed by atoms with Crippen LogP contribution in [0.1, 0.15) is 40.6 Å². The number of sulfone groups is 1. The summed E-state index contributed by atoms with van der Waals surface area (Å²) < 4.78 is 35.7. The molecule has 2 heterocycles. The van der Waals surface area contributed by atoms with Crippen LogP contribution in [0, 0.1) is 13.8 Å². The predicted molar refractivity (Wildman–Crippen MR) is 120 cm³/mol. The number of furan rings is 1. The minimum absolute atomic E-state index is 0.0197. The topological polar surface area (TPSA) is 76.8 Å². The highest BCUT2D eigenvalue weighted by Crippen LogP contribution is 2.30. The number of fused-ring (bicyclic) bond motifs is 1. The summed E-state index contributed by atoms with van der Waals surface area (Å²) in [4.78, 5) is 15.3. The maximum atomic E-state index is 13.6. The molecule has 0 radical (unpaired) electrons. The lowest BCUT2D eigenvalue weighted by Crippen LogP contribution is -2.40. The number of ether oxygens (including phenoxy) is 1. The van der Waals surface area contributed by atoms with E-state index in [1.807, 2.05) is 63.2 Å². The molecule has 2 aromatic carbocycles. The van der Waals surface area contributed by atoms with Gasteiger partial charge in [-0.3, -0.25) is 4.79 Å². The summed E-state index contributed by atoms with van der Waals surface area (Å²) in [5.74, 6) is 0.839. The highest BCUT2D eigenvalue weighted by atomic mass is 32.2. The molecule has 1 saturated heterocycles. The smallest absolute Gasteiger partial charge is 0.290 e. The minimum atomic E-state index is -3.15. The zero-order valence-corrected chi connectivity index (χ0v) is 18.9. The average molecular weight is 442 g/mol. The second-order valence-corrected chi connectivity index (χ2v) is 10.4. The van der Waals surface area contributed by atoms with Gasteiger partial charge in [-0.15, -0.1) is 0 Å². The zero-order chi connectivity index (χ0) is 22.2. The van der Waals surface area contributed by atoms with Gasteiger partial charge in [-0.05, 0) is 56.5 Å². The second-order valence-electron chi connectivity index (χ2n) is 8.12. The third-order valence-electron chi connectivity index (χ3n) is 5.79. The predicted octanol–water partition coefficient (Wildman–Crippen LogP) is 4.28. The van der Waals surface area contributed by atoms with Crippen LogP contribution in [0.25, 0.3) is 11.0 Å². The fraction of sp³-hybridized carbons (Fsp3) is 0.375. The van der Waals surface area contributed by atoms with E-state index in [4.69, 9.17) is 9.15 Å². The Morgan fingerprint density at radius 3 is 2.55 bits per heavy atom. The fourth-order valence-corrected chi connectivity index (χ4v) is 5.84. The number of nitrogens with zero attached hydrogens (tertiary/aromatic N) is 1. The van der Waals surface area contributed by atoms with Gasteiger partial charge >= 0.3 is 0 Å². The van der Waals surface area contributed by atoms with Gasteiger partial charge in [0.25, 0.3) is 5.91 Å². The maximum absolute atomic E-state index is 13.6. The quantitative estimate of drug-likeness (QED) is 0.571. The molecule has 1 aromatic heterocycles. The van der Waals surface area contributed by atoms with E-state index in [1.165, 1.54) is 0 Å². The molecule has 0 bridgehead atoms. The Hall–Kier alpha value is -2.80. The van der Waals surface area contributed by atoms with Crippen LogP contribution >= 0.6 is 0 Å². The number of carbonyl (C=O) groups is 1. The summed E-state index contributed by atoms with van der Waals surface area (Å²) in [5, 5.41) is 0.897. The molecule has 1 aliphatic heterocycles. The Labute approximate surface area is 182 Å². The van der Waals surface area contributed by atoms with Crippen LogP contribution in [0.3, 0.4) is 0 Å². The van der Waals surface area contributed by atoms with Gasteiger partial charge in [-0.1, -0.05) is 24.3 Å². The van der Waals surface area contributed by atoms with Crippen LogP contribution in [0.15, 0.2) is 46.9 Å². The molecule has 1 atom stereocenters. The molecule has 7 heteroatoms. The van der Waals surface area contributed by atoms with Gasteiger partial charge in [0.15, 0.2) is 15.6 Å². The molecule has 1 unspecified atom stereocenters. The first-order valence-corrected chi connectivity index (χ1v) is 12.3. The molecule has 6 nitrogen and oxygen atoms in total. The minimum Gasteiger partial charge on any atom is -0.494 e. The third kappa shape index (κ3) is 4.46. The van der Waals surface area contributed by atoms with Crippen molar-refractivity contribution >= 4 is 26.7 Å². The summed E-state index contributed by atoms with van der Waals surface area (Å²) in [6, 6.07) is 13.0. The summed E-state index contributed by atoms with van der Waals surface area (Å²) >= 11 is 0. The SMILES string of the molecule is CCOc1ccc(CN(C(=O)c2oc3cc(C)ccc3c2C)C2CCS(=O)(=O)C2)cc1. The second kappa shape index (κ2) is 8.38. The molecule has 0 N–H and O–H groups in total. The molecule has 0 saturated carbocycles. The van der Waals surface area contributed by atoms with Crippen molar-refractivity contribution in [1.29, 1.82) is 0 Å². The van der Waals surface area contributed by atoms with E-state index >= 15 is 0 Å². The zero-order valence-electron chi connectivity index (χ0n) is 18.1. The van der Waals surface area contributed by atoms with E-state index in [1.54, 1.807) is 4.90 Å². The molecule has 164 valence electrons. The van der Waals surface area contributed by atoms with Crippen molar-refractivity contribution in [3.63, 3.8) is 0 Å². The highest BCUT2D eigenvalue weighted by molar-refractivity contribution is 7.91. The van der Waals surface area contributed by atoms with Crippen LogP contribution in [0.4, 0.5) is 0 Å². The summed E-state index contributed by atoms with van der Waals surface area (Å²) in [5.41, 5.74) is 3.40. The third-order valence-corrected chi connectivity index (χ3v) is 7.54. The lowest BCUT2D eigenvalue weighted by molar-refractivity contribution is 0.0649. The van der Waals surface area contributed by atoms with Crippen molar-refractivity contribution in [2.45, 2.75) is 39.8 Å². The Morgan fingerprint density at radius 2 is 1.90 bits per heavy atom. The molecule has 4 rings (SSSR count). The van der Waals surface area contributed by atoms with Crippen molar-refractivity contribution in [2.75, 3.05) is 18.1 Å². The van der Waals surface area contributed by atoms with Gasteiger partial charge in [0.2, 0.25) is 0 Å². The number of carbonyl (C=O) groups excluding carboxylic acids is 1. The van der Waals surface area contributed by atoms with Gasteiger partial charge < -0.3 is 14.1 Å². The Bertz CT molecular complexity index is 1210. The average Bonchev–Trinajstić information content (AvgIpc) is 3.26. The number of amides is 1. The van der Waals surface area contributed by atoms with Crippen LogP contribution in [-0.2, 0) is 16.4 Å². The van der Waals surface area contributed by atoms with E-state index in [9.17, 15) is 13.2 Å². The van der Waals surface area contributed by atoms with Crippen LogP contribution in [-0.4, -0.2) is 43.4 Å². The van der Waals surface area contributed by atoms with E-state index < -0.39 is 9.84 Å². The van der Waals surface area contributed by atoms with Gasteiger partial charge in [0.05, 0.1) is 18.1 Å². The van der Waals surface area contributed by atoms with Gasteiger partial charge in [0.1, 0.15) is 11.3 Å². The number of hydrogen-bond acceptors (Lipinski definition) is 5. The molecule has 0 spiro atoms. The largest absolute Gasteiger partial charge is 0.494 e. The number of aryl methyl sites for hydroxylation is 2. The van der Waals surface area contributed by atoms with Crippen molar-refractivity contribution in [1.82, 2.24) is 4.90 Å². The highest BCUT2D eigenvalue weighted by Gasteiger charge is 2.36. The van der Waals surface area contributed by atoms with Crippen LogP contribution < -0.4 is 4.74 Å². The fourth-order valence-electron chi connectivity index (χ4n) is 4.11. The van der Waals surface area contributed by atoms with E-state index in [2.05, 4.69) is 0 Å². The Morgan fingerprint density at radius 1 is 1.16 bits per heavy atom. The standard InChI is InChI=1S/C24H27NO5S/c1-4-29-20-8-6-18(7-9-20)14-25(19-11-12-31(27,28)15-19)24(26)23-17(3)21-10-5-16(2)13-22(21)30-23/h5-10,13,19H,4,11-12,14-15H2,1-3H3. The van der Waals surface area contributed by atoms with E-state index in [-0.39, 0.29) is 29.2 Å². The van der Waals surface area contributed by atoms with Gasteiger partial charge in [-0.2, -0.15) is 0 Å². The Balaban J connectivity index is 1.68. The monoisotopic (exact) mass is 441 g/mol. The van der Waals surface area contributed by atoms with Crippen LogP contribution in [0.5, 0.6) is 5.75 Å². The van der Waals surface area contributed by atoms with Crippen molar-refractivity contribution in [3.8, 4) is 5.75 Å². The van der Waals surface area contributed by atoms with Crippen molar-refractivity contribution < 1.29 is 22.4 Å². The molecule has 0 aliphatic carbocycles. The maximum Gasteiger partial charge on any atom is 0.290 e. The van der Waals surface area contributed by atoms with Crippen molar-refractivity contribution in [2.24, 2.45) is 0 Å². The molecular formula is C24H27NO5S. The first-order chi connectivity index (χ1) is 14.8. The lowest BCUT2D eigenvalue weighted by atomic mass is 10.1.